The molecule has 0 bridgehead atoms. The van der Waals surface area contributed by atoms with Gasteiger partial charge in [-0.15, -0.1) is 0 Å². The number of carbonyl (C=O) groups is 1. The third-order valence-corrected chi connectivity index (χ3v) is 5.22. The predicted octanol–water partition coefficient (Wildman–Crippen LogP) is 1.61. The summed E-state index contributed by atoms with van der Waals surface area (Å²) in [6, 6.07) is 2.91. The molecule has 1 unspecified atom stereocenters. The molecule has 0 aromatic carbocycles. The average molecular weight is 348 g/mol. The molecule has 1 aromatic heterocycles. The fourth-order valence-corrected chi connectivity index (χ4v) is 3.21. The molecule has 1 amide bonds. The van der Waals surface area contributed by atoms with Crippen LogP contribution in [0.1, 0.15) is 24.9 Å². The van der Waals surface area contributed by atoms with Crippen LogP contribution in [0.3, 0.4) is 0 Å². The number of likely N-dealkylation sites (N-methyl/N-ethyl adjacent to an activating group) is 1. The molecule has 6 nitrogen and oxygen atoms in total. The molecule has 1 rings (SSSR count). The Hall–Kier alpha value is -0.990. The lowest BCUT2D eigenvalue weighted by Crippen LogP contribution is -2.47. The second-order valence-electron chi connectivity index (χ2n) is 5.06. The van der Waals surface area contributed by atoms with Crippen molar-refractivity contribution in [3.05, 3.63) is 23.7 Å². The van der Waals surface area contributed by atoms with Gasteiger partial charge in [-0.05, 0) is 44.4 Å². The maximum Gasteiger partial charge on any atom is 0.240 e. The smallest absolute Gasteiger partial charge is 0.240 e. The second kappa shape index (κ2) is 8.59. The van der Waals surface area contributed by atoms with E-state index in [1.807, 2.05) is 25.3 Å². The molecule has 1 aromatic rings. The topological polar surface area (TPSA) is 79.6 Å². The Balaban J connectivity index is 2.76. The highest BCUT2D eigenvalue weighted by molar-refractivity contribution is 7.98. The van der Waals surface area contributed by atoms with Crippen molar-refractivity contribution in [2.45, 2.75) is 32.9 Å². The van der Waals surface area contributed by atoms with Crippen LogP contribution in [0.2, 0.25) is 0 Å². The first-order valence-electron chi connectivity index (χ1n) is 7.08. The molecule has 0 spiro atoms. The van der Waals surface area contributed by atoms with Gasteiger partial charge in [0, 0.05) is 7.05 Å². The third kappa shape index (κ3) is 6.02. The minimum absolute atomic E-state index is 0.0445. The minimum Gasteiger partial charge on any atom is -0.464 e. The summed E-state index contributed by atoms with van der Waals surface area (Å²) in [7, 11) is -1.78. The van der Waals surface area contributed by atoms with Crippen LogP contribution in [0.25, 0.3) is 0 Å². The van der Waals surface area contributed by atoms with Gasteiger partial charge in [0.2, 0.25) is 15.9 Å². The Labute approximate surface area is 136 Å². The number of aryl methyl sites for hydroxylation is 1. The summed E-state index contributed by atoms with van der Waals surface area (Å²) in [4.78, 5) is 14.0. The van der Waals surface area contributed by atoms with Gasteiger partial charge in [-0.25, -0.2) is 13.1 Å². The summed E-state index contributed by atoms with van der Waals surface area (Å²) >= 11 is 1.58. The van der Waals surface area contributed by atoms with Crippen molar-refractivity contribution in [3.8, 4) is 0 Å². The lowest BCUT2D eigenvalue weighted by molar-refractivity contribution is -0.132. The van der Waals surface area contributed by atoms with E-state index in [2.05, 4.69) is 4.72 Å². The van der Waals surface area contributed by atoms with E-state index in [4.69, 9.17) is 4.42 Å². The fraction of sp³-hybridized carbons (Fsp3) is 0.643. The van der Waals surface area contributed by atoms with Crippen LogP contribution in [0.5, 0.6) is 0 Å². The molecule has 0 fully saturated rings. The van der Waals surface area contributed by atoms with Gasteiger partial charge in [-0.3, -0.25) is 4.79 Å². The largest absolute Gasteiger partial charge is 0.464 e. The van der Waals surface area contributed by atoms with Crippen LogP contribution >= 0.6 is 11.8 Å². The van der Waals surface area contributed by atoms with Crippen LogP contribution < -0.4 is 4.72 Å². The Morgan fingerprint density at radius 3 is 2.64 bits per heavy atom. The van der Waals surface area contributed by atoms with Crippen molar-refractivity contribution in [1.29, 1.82) is 0 Å². The summed E-state index contributed by atoms with van der Waals surface area (Å²) in [6.45, 7) is 3.70. The normalized spacial score (nSPS) is 13.1. The summed E-state index contributed by atoms with van der Waals surface area (Å²) in [5.74, 6) is 1.87. The van der Waals surface area contributed by atoms with Gasteiger partial charge in [-0.1, -0.05) is 0 Å². The molecule has 126 valence electrons. The standard InChI is InChI=1S/C14H24N2O4S2/c1-5-22(18,19)15-13(8-9-21-4)14(17)16(3)10-12-7-6-11(2)20-12/h6-7,13,15H,5,8-10H2,1-4H3. The van der Waals surface area contributed by atoms with Crippen molar-refractivity contribution in [2.24, 2.45) is 0 Å². The Morgan fingerprint density at radius 2 is 2.14 bits per heavy atom. The first-order chi connectivity index (χ1) is 10.3. The van der Waals surface area contributed by atoms with Gasteiger partial charge in [0.05, 0.1) is 12.3 Å². The fourth-order valence-electron chi connectivity index (χ4n) is 1.92. The summed E-state index contributed by atoms with van der Waals surface area (Å²) in [5, 5.41) is 0. The Morgan fingerprint density at radius 1 is 1.45 bits per heavy atom. The number of hydrogen-bond donors (Lipinski definition) is 1. The molecule has 1 heterocycles. The van der Waals surface area contributed by atoms with E-state index < -0.39 is 16.1 Å². The SMILES string of the molecule is CCS(=O)(=O)NC(CCSC)C(=O)N(C)Cc1ccc(C)o1. The maximum absolute atomic E-state index is 12.5. The molecule has 0 aliphatic carbocycles. The summed E-state index contributed by atoms with van der Waals surface area (Å²) in [5.41, 5.74) is 0. The highest BCUT2D eigenvalue weighted by atomic mass is 32.2. The highest BCUT2D eigenvalue weighted by Gasteiger charge is 2.26. The van der Waals surface area contributed by atoms with Crippen molar-refractivity contribution >= 4 is 27.7 Å². The van der Waals surface area contributed by atoms with Gasteiger partial charge in [0.15, 0.2) is 0 Å². The van der Waals surface area contributed by atoms with Gasteiger partial charge >= 0.3 is 0 Å². The predicted molar refractivity (Wildman–Crippen MR) is 89.3 cm³/mol. The van der Waals surface area contributed by atoms with Gasteiger partial charge in [0.25, 0.3) is 0 Å². The monoisotopic (exact) mass is 348 g/mol. The number of nitrogens with one attached hydrogen (secondary N) is 1. The lowest BCUT2D eigenvalue weighted by Gasteiger charge is -2.23. The number of amides is 1. The van der Waals surface area contributed by atoms with Crippen molar-refractivity contribution in [3.63, 3.8) is 0 Å². The van der Waals surface area contributed by atoms with E-state index in [-0.39, 0.29) is 11.7 Å². The Kier molecular flexibility index (Phi) is 7.44. The Bertz CT molecular complexity index is 583. The van der Waals surface area contributed by atoms with Crippen molar-refractivity contribution < 1.29 is 17.6 Å². The zero-order valence-electron chi connectivity index (χ0n) is 13.5. The van der Waals surface area contributed by atoms with Crippen LogP contribution in [0, 0.1) is 6.92 Å². The van der Waals surface area contributed by atoms with E-state index in [1.54, 1.807) is 25.7 Å². The van der Waals surface area contributed by atoms with Crippen LogP contribution in [-0.4, -0.2) is 50.1 Å². The van der Waals surface area contributed by atoms with Crippen molar-refractivity contribution in [2.75, 3.05) is 24.8 Å². The number of nitrogens with zero attached hydrogens (tertiary/aromatic N) is 1. The zero-order valence-corrected chi connectivity index (χ0v) is 15.1. The molecule has 0 aliphatic rings. The van der Waals surface area contributed by atoms with E-state index in [0.717, 1.165) is 5.76 Å². The van der Waals surface area contributed by atoms with Crippen LogP contribution in [0.4, 0.5) is 0 Å². The maximum atomic E-state index is 12.5. The van der Waals surface area contributed by atoms with Gasteiger partial charge in [0.1, 0.15) is 17.6 Å². The molecule has 1 atom stereocenters. The highest BCUT2D eigenvalue weighted by Crippen LogP contribution is 2.11. The van der Waals surface area contributed by atoms with Gasteiger partial charge in [-0.2, -0.15) is 11.8 Å². The number of carbonyl (C=O) groups excluding carboxylic acids is 1. The number of sulfonamides is 1. The van der Waals surface area contributed by atoms with E-state index >= 15 is 0 Å². The quantitative estimate of drug-likeness (QED) is 0.733. The lowest BCUT2D eigenvalue weighted by atomic mass is 10.2. The summed E-state index contributed by atoms with van der Waals surface area (Å²) in [6.07, 6.45) is 2.38. The minimum atomic E-state index is -3.43. The van der Waals surface area contributed by atoms with E-state index in [1.165, 1.54) is 4.90 Å². The second-order valence-corrected chi connectivity index (χ2v) is 8.09. The first-order valence-corrected chi connectivity index (χ1v) is 10.1. The molecule has 0 radical (unpaired) electrons. The van der Waals surface area contributed by atoms with Crippen LogP contribution in [-0.2, 0) is 21.4 Å². The van der Waals surface area contributed by atoms with Crippen molar-refractivity contribution in [1.82, 2.24) is 9.62 Å². The number of rotatable bonds is 9. The zero-order chi connectivity index (χ0) is 16.8. The molecule has 0 saturated heterocycles. The summed E-state index contributed by atoms with van der Waals surface area (Å²) < 4.78 is 31.4. The third-order valence-electron chi connectivity index (χ3n) is 3.18. The molecule has 0 saturated carbocycles. The molecular weight excluding hydrogens is 324 g/mol. The molecule has 8 heteroatoms. The molecule has 22 heavy (non-hydrogen) atoms. The van der Waals surface area contributed by atoms with E-state index in [0.29, 0.717) is 24.5 Å². The molecular formula is C14H24N2O4S2. The number of hydrogen-bond acceptors (Lipinski definition) is 5. The number of furan rings is 1. The average Bonchev–Trinajstić information content (AvgIpc) is 2.87. The number of thioether (sulfide) groups is 1. The van der Waals surface area contributed by atoms with E-state index in [9.17, 15) is 13.2 Å². The van der Waals surface area contributed by atoms with Gasteiger partial charge < -0.3 is 9.32 Å². The van der Waals surface area contributed by atoms with Crippen LogP contribution in [0.15, 0.2) is 16.5 Å². The molecule has 1 N–H and O–H groups in total. The first kappa shape index (κ1) is 19.1. The molecule has 0 aliphatic heterocycles.